The van der Waals surface area contributed by atoms with Crippen LogP contribution in [0.1, 0.15) is 42.9 Å². The van der Waals surface area contributed by atoms with Crippen molar-refractivity contribution in [3.05, 3.63) is 38.3 Å². The molecule has 0 radical (unpaired) electrons. The highest BCUT2D eigenvalue weighted by Crippen LogP contribution is 2.31. The average Bonchev–Trinajstić information content (AvgIpc) is 3.32. The molecule has 0 spiro atoms. The van der Waals surface area contributed by atoms with Crippen LogP contribution in [0.5, 0.6) is 5.75 Å². The number of ether oxygens (including phenoxy) is 1. The molecule has 0 bridgehead atoms. The van der Waals surface area contributed by atoms with Gasteiger partial charge in [-0.15, -0.1) is 0 Å². The van der Waals surface area contributed by atoms with Gasteiger partial charge in [-0.25, -0.2) is 27.5 Å². The van der Waals surface area contributed by atoms with Crippen LogP contribution in [-0.4, -0.2) is 55.7 Å². The highest BCUT2D eigenvalue weighted by Gasteiger charge is 2.23. The van der Waals surface area contributed by atoms with E-state index < -0.39 is 16.8 Å². The molecule has 1 aliphatic rings. The molecule has 2 aromatic rings. The first kappa shape index (κ1) is 25.6. The predicted molar refractivity (Wildman–Crippen MR) is 136 cm³/mol. The molecular weight excluding hydrogens is 562 g/mol. The Hall–Kier alpha value is -2.06. The number of hydrogen-bond donors (Lipinski definition) is 3. The lowest BCUT2D eigenvalue weighted by Crippen LogP contribution is -2.32. The Kier molecular flexibility index (Phi) is 8.45. The molecule has 1 aromatic heterocycles. The van der Waals surface area contributed by atoms with Crippen LogP contribution >= 0.6 is 22.6 Å². The van der Waals surface area contributed by atoms with Crippen LogP contribution in [0.3, 0.4) is 0 Å². The van der Waals surface area contributed by atoms with E-state index in [1.807, 2.05) is 6.07 Å². The highest BCUT2D eigenvalue weighted by molar-refractivity contribution is 14.1. The normalized spacial score (nSPS) is 13.1. The molecule has 180 valence electrons. The molecule has 1 aromatic carbocycles. The fraction of sp³-hybridized carbons (Fsp3) is 0.476. The molecular formula is C21H28FIN6O3S. The van der Waals surface area contributed by atoms with Gasteiger partial charge in [-0.1, -0.05) is 0 Å². The number of fused-ring (bicyclic) bond motifs is 1. The van der Waals surface area contributed by atoms with Crippen molar-refractivity contribution in [2.75, 3.05) is 24.5 Å². The van der Waals surface area contributed by atoms with Crippen molar-refractivity contribution in [2.45, 2.75) is 45.7 Å². The Morgan fingerprint density at radius 1 is 1.45 bits per heavy atom. The summed E-state index contributed by atoms with van der Waals surface area (Å²) in [7, 11) is -3.44. The number of aliphatic imine (C=N–C) groups is 1. The largest absolute Gasteiger partial charge is 0.493 e. The zero-order chi connectivity index (χ0) is 24.2. The second-order valence-corrected chi connectivity index (χ2v) is 11.0. The van der Waals surface area contributed by atoms with Crippen molar-refractivity contribution >= 4 is 51.0 Å². The van der Waals surface area contributed by atoms with Gasteiger partial charge < -0.3 is 14.6 Å². The van der Waals surface area contributed by atoms with Gasteiger partial charge in [0.1, 0.15) is 23.1 Å². The van der Waals surface area contributed by atoms with Crippen molar-refractivity contribution in [1.82, 2.24) is 14.3 Å². The first-order valence-corrected chi connectivity index (χ1v) is 13.3. The SMILES string of the molecule is C=NC(=N)c1nc(Cc2cc3c(cc2I)CCO3)n(CCCS(=O)(=O)NC(C)C)c1NCF. The smallest absolute Gasteiger partial charge is 0.211 e. The Morgan fingerprint density at radius 2 is 2.21 bits per heavy atom. The summed E-state index contributed by atoms with van der Waals surface area (Å²) in [5, 5.41) is 10.7. The lowest BCUT2D eigenvalue weighted by atomic mass is 10.1. The van der Waals surface area contributed by atoms with Crippen molar-refractivity contribution < 1.29 is 17.5 Å². The predicted octanol–water partition coefficient (Wildman–Crippen LogP) is 3.10. The molecule has 1 aliphatic heterocycles. The van der Waals surface area contributed by atoms with Gasteiger partial charge in [-0.2, -0.15) is 0 Å². The maximum atomic E-state index is 13.3. The third-order valence-corrected chi connectivity index (χ3v) is 7.74. The van der Waals surface area contributed by atoms with Crippen LogP contribution in [0.15, 0.2) is 17.1 Å². The lowest BCUT2D eigenvalue weighted by Gasteiger charge is -2.15. The minimum atomic E-state index is -3.44. The van der Waals surface area contributed by atoms with Crippen molar-refractivity contribution in [2.24, 2.45) is 4.99 Å². The number of benzene rings is 1. The van der Waals surface area contributed by atoms with Gasteiger partial charge in [-0.3, -0.25) is 5.41 Å². The van der Waals surface area contributed by atoms with Gasteiger partial charge in [-0.05, 0) is 72.8 Å². The molecule has 33 heavy (non-hydrogen) atoms. The van der Waals surface area contributed by atoms with E-state index in [9.17, 15) is 12.8 Å². The summed E-state index contributed by atoms with van der Waals surface area (Å²) in [6.07, 6.45) is 1.55. The van der Waals surface area contributed by atoms with Crippen LogP contribution in [-0.2, 0) is 29.4 Å². The van der Waals surface area contributed by atoms with Crippen molar-refractivity contribution in [3.8, 4) is 5.75 Å². The third kappa shape index (κ3) is 6.29. The van der Waals surface area contributed by atoms with E-state index in [1.54, 1.807) is 18.4 Å². The number of sulfonamides is 1. The zero-order valence-corrected chi connectivity index (χ0v) is 21.6. The summed E-state index contributed by atoms with van der Waals surface area (Å²) in [6, 6.07) is 3.88. The van der Waals surface area contributed by atoms with E-state index in [-0.39, 0.29) is 42.1 Å². The van der Waals surface area contributed by atoms with Crippen LogP contribution < -0.4 is 14.8 Å². The Morgan fingerprint density at radius 3 is 2.88 bits per heavy atom. The molecule has 9 nitrogen and oxygen atoms in total. The van der Waals surface area contributed by atoms with Crippen molar-refractivity contribution in [1.29, 1.82) is 5.41 Å². The summed E-state index contributed by atoms with van der Waals surface area (Å²) in [4.78, 5) is 8.21. The summed E-state index contributed by atoms with van der Waals surface area (Å²) in [6.45, 7) is 6.95. The number of hydrogen-bond acceptors (Lipinski definition) is 6. The fourth-order valence-corrected chi connectivity index (χ4v) is 5.80. The van der Waals surface area contributed by atoms with Gasteiger partial charge in [0, 0.05) is 29.0 Å². The van der Waals surface area contributed by atoms with Crippen LogP contribution in [0.25, 0.3) is 0 Å². The van der Waals surface area contributed by atoms with E-state index in [1.165, 1.54) is 0 Å². The number of rotatable bonds is 11. The number of amidine groups is 1. The summed E-state index contributed by atoms with van der Waals surface area (Å²) in [5.41, 5.74) is 2.31. The highest BCUT2D eigenvalue weighted by atomic mass is 127. The number of nitrogens with one attached hydrogen (secondary N) is 3. The van der Waals surface area contributed by atoms with E-state index >= 15 is 0 Å². The number of anilines is 1. The molecule has 0 saturated carbocycles. The van der Waals surface area contributed by atoms with Crippen LogP contribution in [0.2, 0.25) is 0 Å². The molecule has 3 N–H and O–H groups in total. The maximum Gasteiger partial charge on any atom is 0.211 e. The fourth-order valence-electron chi connectivity index (χ4n) is 3.73. The quantitative estimate of drug-likeness (QED) is 0.161. The maximum absolute atomic E-state index is 13.3. The summed E-state index contributed by atoms with van der Waals surface area (Å²) < 4.78 is 48.8. The number of alkyl halides is 1. The minimum absolute atomic E-state index is 0.0887. The topological polar surface area (TPSA) is 121 Å². The third-order valence-electron chi connectivity index (χ3n) is 5.08. The Balaban J connectivity index is 1.94. The monoisotopic (exact) mass is 590 g/mol. The second-order valence-electron chi connectivity index (χ2n) is 7.97. The first-order valence-electron chi connectivity index (χ1n) is 10.5. The minimum Gasteiger partial charge on any atom is -0.493 e. The molecule has 3 rings (SSSR count). The number of aromatic nitrogens is 2. The number of imidazole rings is 1. The van der Waals surface area contributed by atoms with Gasteiger partial charge in [0.05, 0.1) is 12.4 Å². The molecule has 0 fully saturated rings. The molecule has 0 aliphatic carbocycles. The van der Waals surface area contributed by atoms with Crippen LogP contribution in [0, 0.1) is 8.98 Å². The van der Waals surface area contributed by atoms with Gasteiger partial charge in [0.25, 0.3) is 0 Å². The van der Waals surface area contributed by atoms with Gasteiger partial charge >= 0.3 is 0 Å². The molecule has 12 heteroatoms. The first-order chi connectivity index (χ1) is 15.6. The molecule has 0 saturated heterocycles. The molecule has 2 heterocycles. The van der Waals surface area contributed by atoms with E-state index in [4.69, 9.17) is 10.1 Å². The Bertz CT molecular complexity index is 1150. The summed E-state index contributed by atoms with van der Waals surface area (Å²) in [5.74, 6) is 1.42. The zero-order valence-electron chi connectivity index (χ0n) is 18.6. The van der Waals surface area contributed by atoms with Crippen molar-refractivity contribution in [3.63, 3.8) is 0 Å². The number of nitrogens with zero attached hydrogens (tertiary/aromatic N) is 3. The second kappa shape index (κ2) is 10.9. The average molecular weight is 590 g/mol. The standard InChI is InChI=1S/C21H28FIN6O3S/c1-13(2)28-33(30,31)8-4-6-29-18(27-19(20(24)25-3)21(29)26-12-22)11-15-10-17-14(5-7-32-17)9-16(15)23/h9-10,13,24,26,28H,3-8,11-12H2,1-2H3. The van der Waals surface area contributed by atoms with E-state index in [0.29, 0.717) is 18.9 Å². The lowest BCUT2D eigenvalue weighted by molar-refractivity contribution is 0.356. The van der Waals surface area contributed by atoms with Crippen LogP contribution in [0.4, 0.5) is 10.2 Å². The van der Waals surface area contributed by atoms with Gasteiger partial charge in [0.15, 0.2) is 12.6 Å². The Labute approximate surface area is 206 Å². The van der Waals surface area contributed by atoms with E-state index in [0.717, 1.165) is 26.9 Å². The van der Waals surface area contributed by atoms with Gasteiger partial charge in [0.2, 0.25) is 10.0 Å². The van der Waals surface area contributed by atoms with E-state index in [2.05, 4.69) is 55.4 Å². The summed E-state index contributed by atoms with van der Waals surface area (Å²) >= 11 is 2.27. The molecule has 0 unspecified atom stereocenters. The molecule has 0 atom stereocenters. The molecule has 0 amide bonds. The number of halogens is 2.